The fraction of sp³-hybridized carbons (Fsp3) is 0.333. The van der Waals surface area contributed by atoms with E-state index in [0.29, 0.717) is 34.2 Å². The van der Waals surface area contributed by atoms with Gasteiger partial charge in [-0.2, -0.15) is 0 Å². The zero-order chi connectivity index (χ0) is 27.8. The number of carbonyl (C=O) groups is 3. The largest absolute Gasteiger partial charge is 0.480 e. The highest BCUT2D eigenvalue weighted by atomic mass is 16.4. The van der Waals surface area contributed by atoms with Gasteiger partial charge < -0.3 is 15.3 Å². The number of carboxylic acid groups (broad SMARTS) is 3. The Labute approximate surface area is 225 Å². The van der Waals surface area contributed by atoms with Crippen molar-refractivity contribution in [1.82, 2.24) is 29.7 Å². The van der Waals surface area contributed by atoms with Crippen molar-refractivity contribution in [2.24, 2.45) is 0 Å². The predicted octanol–water partition coefficient (Wildman–Crippen LogP) is 1.38. The zero-order valence-electron chi connectivity index (χ0n) is 21.3. The van der Waals surface area contributed by atoms with E-state index in [1.165, 1.54) is 0 Å². The fourth-order valence-electron chi connectivity index (χ4n) is 4.44. The summed E-state index contributed by atoms with van der Waals surface area (Å²) in [4.78, 5) is 53.9. The highest BCUT2D eigenvalue weighted by Gasteiger charge is 2.19. The number of carboxylic acids is 3. The highest BCUT2D eigenvalue weighted by molar-refractivity contribution is 5.70. The molecule has 4 heterocycles. The van der Waals surface area contributed by atoms with Crippen molar-refractivity contribution in [1.29, 1.82) is 0 Å². The molecule has 6 bridgehead atoms. The Hall–Kier alpha value is -4.26. The van der Waals surface area contributed by atoms with Crippen molar-refractivity contribution < 1.29 is 29.7 Å². The zero-order valence-corrected chi connectivity index (χ0v) is 21.3. The number of fused-ring (bicyclic) bond motifs is 8. The van der Waals surface area contributed by atoms with Gasteiger partial charge in [-0.15, -0.1) is 0 Å². The molecule has 0 fully saturated rings. The van der Waals surface area contributed by atoms with Gasteiger partial charge in [0, 0.05) is 39.3 Å². The highest BCUT2D eigenvalue weighted by Crippen LogP contribution is 2.21. The molecule has 0 amide bonds. The van der Waals surface area contributed by atoms with E-state index in [-0.39, 0.29) is 58.9 Å². The lowest BCUT2D eigenvalue weighted by Crippen LogP contribution is -2.43. The average Bonchev–Trinajstić information content (AvgIpc) is 2.89. The van der Waals surface area contributed by atoms with E-state index < -0.39 is 17.9 Å². The van der Waals surface area contributed by atoms with Crippen molar-refractivity contribution in [2.75, 3.05) is 45.8 Å². The molecule has 0 radical (unpaired) electrons. The number of aliphatic carboxylic acids is 3. The molecule has 0 unspecified atom stereocenters. The lowest BCUT2D eigenvalue weighted by atomic mass is 10.1. The van der Waals surface area contributed by atoms with Gasteiger partial charge in [-0.05, 0) is 36.4 Å². The minimum absolute atomic E-state index is 0.244. The van der Waals surface area contributed by atoms with Crippen LogP contribution in [0.2, 0.25) is 0 Å². The summed E-state index contributed by atoms with van der Waals surface area (Å²) in [5, 5.41) is 28.4. The van der Waals surface area contributed by atoms with Crippen LogP contribution >= 0.6 is 0 Å². The number of hydrogen-bond acceptors (Lipinski definition) is 9. The summed E-state index contributed by atoms with van der Waals surface area (Å²) in [5.74, 6) is -3.04. The minimum Gasteiger partial charge on any atom is -0.480 e. The van der Waals surface area contributed by atoms with Crippen molar-refractivity contribution >= 4 is 17.9 Å². The summed E-state index contributed by atoms with van der Waals surface area (Å²) in [6, 6.07) is 16.5. The Bertz CT molecular complexity index is 1250. The smallest absolute Gasteiger partial charge is 0.317 e. The molecule has 39 heavy (non-hydrogen) atoms. The lowest BCUT2D eigenvalue weighted by Gasteiger charge is -2.28. The maximum atomic E-state index is 11.6. The van der Waals surface area contributed by atoms with E-state index in [4.69, 9.17) is 15.0 Å². The monoisotopic (exact) mass is 534 g/mol. The van der Waals surface area contributed by atoms with Crippen LogP contribution in [0, 0.1) is 0 Å². The van der Waals surface area contributed by atoms with Gasteiger partial charge in [0.25, 0.3) is 0 Å². The third-order valence-corrected chi connectivity index (χ3v) is 6.20. The van der Waals surface area contributed by atoms with E-state index >= 15 is 0 Å². The second-order valence-corrected chi connectivity index (χ2v) is 9.32. The molecule has 3 aromatic heterocycles. The molecule has 0 aliphatic carbocycles. The number of aromatic nitrogens is 3. The van der Waals surface area contributed by atoms with Gasteiger partial charge in [-0.25, -0.2) is 15.0 Å². The number of rotatable bonds is 6. The Morgan fingerprint density at radius 3 is 1.28 bits per heavy atom. The summed E-state index contributed by atoms with van der Waals surface area (Å²) < 4.78 is 0. The van der Waals surface area contributed by atoms with E-state index in [1.54, 1.807) is 14.7 Å². The molecule has 0 saturated heterocycles. The van der Waals surface area contributed by atoms with Gasteiger partial charge in [0.2, 0.25) is 0 Å². The molecular formula is C27H30N6O6. The summed E-state index contributed by atoms with van der Waals surface area (Å²) >= 11 is 0. The first-order valence-corrected chi connectivity index (χ1v) is 12.5. The van der Waals surface area contributed by atoms with Crippen molar-refractivity contribution in [2.45, 2.75) is 13.1 Å². The fourth-order valence-corrected chi connectivity index (χ4v) is 4.44. The van der Waals surface area contributed by atoms with Crippen LogP contribution in [0.15, 0.2) is 54.6 Å². The molecule has 0 aromatic carbocycles. The van der Waals surface area contributed by atoms with Gasteiger partial charge in [-0.3, -0.25) is 29.1 Å². The number of pyridine rings is 3. The van der Waals surface area contributed by atoms with Crippen LogP contribution in [0.25, 0.3) is 22.8 Å². The van der Waals surface area contributed by atoms with Gasteiger partial charge in [0.1, 0.15) is 0 Å². The molecule has 1 aliphatic heterocycles. The summed E-state index contributed by atoms with van der Waals surface area (Å²) in [5.41, 5.74) is 3.82. The normalized spacial score (nSPS) is 15.7. The van der Waals surface area contributed by atoms with Crippen molar-refractivity contribution in [3.8, 4) is 22.8 Å². The molecule has 204 valence electrons. The maximum Gasteiger partial charge on any atom is 0.317 e. The second kappa shape index (κ2) is 13.0. The standard InChI is InChI=1S/C27H30N6O6/c34-25(35)16-31-10-12-32(17-26(36)37)14-19-4-1-6-21(28-19)23-8-3-9-24(30-23)22-7-2-5-20(29-22)15-33(13-11-31)18-27(38)39/h1-9H,10-18H2,(H,34,35)(H,36,37)(H,38,39). The second-order valence-electron chi connectivity index (χ2n) is 9.32. The predicted molar refractivity (Wildman–Crippen MR) is 141 cm³/mol. The van der Waals surface area contributed by atoms with Crippen LogP contribution in [-0.2, 0) is 27.5 Å². The molecule has 0 atom stereocenters. The Balaban J connectivity index is 1.73. The molecule has 1 aliphatic rings. The van der Waals surface area contributed by atoms with Gasteiger partial charge in [0.15, 0.2) is 0 Å². The van der Waals surface area contributed by atoms with Crippen LogP contribution in [0.5, 0.6) is 0 Å². The molecule has 0 saturated carbocycles. The van der Waals surface area contributed by atoms with Crippen LogP contribution in [0.3, 0.4) is 0 Å². The van der Waals surface area contributed by atoms with Gasteiger partial charge >= 0.3 is 17.9 Å². The first kappa shape index (κ1) is 27.8. The maximum absolute atomic E-state index is 11.6. The SMILES string of the molecule is O=C(O)CN1CCN(CC(=O)O)Cc2cccc(n2)-c2cccc(n2)-c2cccc(n2)CN(CC(=O)O)CC1. The summed E-state index contributed by atoms with van der Waals surface area (Å²) in [6.45, 7) is 0.852. The third-order valence-electron chi connectivity index (χ3n) is 6.20. The molecule has 4 rings (SSSR count). The molecule has 3 N–H and O–H groups in total. The van der Waals surface area contributed by atoms with E-state index in [1.807, 2.05) is 54.6 Å². The third kappa shape index (κ3) is 8.37. The molecule has 0 spiro atoms. The van der Waals surface area contributed by atoms with E-state index in [9.17, 15) is 29.7 Å². The molecular weight excluding hydrogens is 504 g/mol. The van der Waals surface area contributed by atoms with Gasteiger partial charge in [0.05, 0.1) is 53.8 Å². The van der Waals surface area contributed by atoms with Gasteiger partial charge in [-0.1, -0.05) is 18.2 Å². The lowest BCUT2D eigenvalue weighted by molar-refractivity contribution is -0.140. The quantitative estimate of drug-likeness (QED) is 0.417. The minimum atomic E-state index is -1.02. The van der Waals surface area contributed by atoms with Crippen molar-refractivity contribution in [3.05, 3.63) is 66.0 Å². The first-order chi connectivity index (χ1) is 18.7. The van der Waals surface area contributed by atoms with Crippen molar-refractivity contribution in [3.63, 3.8) is 0 Å². The van der Waals surface area contributed by atoms with E-state index in [0.717, 1.165) is 0 Å². The molecule has 3 aromatic rings. The summed E-state index contributed by atoms with van der Waals surface area (Å²) in [6.07, 6.45) is 0. The van der Waals surface area contributed by atoms with Crippen LogP contribution in [-0.4, -0.2) is 109 Å². The van der Waals surface area contributed by atoms with E-state index in [2.05, 4.69) is 0 Å². The number of nitrogens with zero attached hydrogens (tertiary/aromatic N) is 6. The topological polar surface area (TPSA) is 160 Å². The van der Waals surface area contributed by atoms with Crippen LogP contribution < -0.4 is 0 Å². The number of hydrogen-bond donors (Lipinski definition) is 3. The Morgan fingerprint density at radius 2 is 0.872 bits per heavy atom. The first-order valence-electron chi connectivity index (χ1n) is 12.5. The Kier molecular flexibility index (Phi) is 9.26. The van der Waals surface area contributed by atoms with Crippen LogP contribution in [0.1, 0.15) is 11.4 Å². The van der Waals surface area contributed by atoms with Crippen LogP contribution in [0.4, 0.5) is 0 Å². The molecule has 12 heteroatoms. The average molecular weight is 535 g/mol. The summed E-state index contributed by atoms with van der Waals surface area (Å²) in [7, 11) is 0. The Morgan fingerprint density at radius 1 is 0.538 bits per heavy atom. The molecule has 12 nitrogen and oxygen atoms in total.